The third-order valence-corrected chi connectivity index (χ3v) is 2.09. The van der Waals surface area contributed by atoms with E-state index in [1.54, 1.807) is 9.47 Å². The van der Waals surface area contributed by atoms with Gasteiger partial charge in [-0.05, 0) is 0 Å². The predicted molar refractivity (Wildman–Crippen MR) is 55.8 cm³/mol. The number of alkyl halides is 14. The maximum absolute atomic E-state index is 12.9. The molecule has 0 aliphatic heterocycles. The molecule has 0 heterocycles. The molecule has 0 spiro atoms. The Bertz CT molecular complexity index is 687. The topological polar surface area (TPSA) is 46.2 Å². The first-order valence-corrected chi connectivity index (χ1v) is 6.44. The molecule has 0 bridgehead atoms. The quantitative estimate of drug-likeness (QED) is 0.230. The van der Waals surface area contributed by atoms with Crippen LogP contribution in [0.25, 0.3) is 0 Å². The second-order valence-electron chi connectivity index (χ2n) is 4.56. The molecule has 0 unspecified atom stereocenters. The summed E-state index contributed by atoms with van der Waals surface area (Å²) in [6.07, 6.45) is -40.3. The molecule has 23 heteroatoms. The van der Waals surface area contributed by atoms with Gasteiger partial charge in [-0.15, -0.1) is 26.3 Å². The molecule has 0 aliphatic carbocycles. The molecule has 0 saturated heterocycles. The Balaban J connectivity index is 5.59. The van der Waals surface area contributed by atoms with E-state index in [-0.39, 0.29) is 0 Å². The zero-order valence-corrected chi connectivity index (χ0v) is 13.8. The van der Waals surface area contributed by atoms with E-state index in [1.807, 2.05) is 9.47 Å². The van der Waals surface area contributed by atoms with Gasteiger partial charge in [-0.3, -0.25) is 0 Å². The van der Waals surface area contributed by atoms with Crippen LogP contribution in [0.2, 0.25) is 0 Å². The van der Waals surface area contributed by atoms with Crippen molar-refractivity contribution >= 4 is 0 Å². The lowest BCUT2D eigenvalue weighted by Gasteiger charge is -2.25. The van der Waals surface area contributed by atoms with E-state index in [1.165, 1.54) is 0 Å². The molecular weight excluding hydrogens is 542 g/mol. The highest BCUT2D eigenvalue weighted by Gasteiger charge is 2.68. The molecule has 0 rings (SSSR count). The summed E-state index contributed by atoms with van der Waals surface area (Å²) in [4.78, 5) is 0. The predicted octanol–water partition coefficient (Wildman–Crippen LogP) is 6.61. The van der Waals surface area contributed by atoms with Crippen LogP contribution in [-0.2, 0) is 23.7 Å². The Labute approximate surface area is 165 Å². The summed E-state index contributed by atoms with van der Waals surface area (Å²) < 4.78 is 231. The minimum atomic E-state index is -6.82. The maximum atomic E-state index is 12.9. The minimum Gasteiger partial charge on any atom is -0.395 e. The van der Waals surface area contributed by atoms with Crippen LogP contribution in [0.15, 0.2) is 24.1 Å². The van der Waals surface area contributed by atoms with E-state index in [0.29, 0.717) is 0 Å². The fourth-order valence-electron chi connectivity index (χ4n) is 0.993. The van der Waals surface area contributed by atoms with Crippen molar-refractivity contribution in [2.75, 3.05) is 0 Å². The minimum absolute atomic E-state index is 1.54. The smallest absolute Gasteiger partial charge is 0.395 e. The highest BCUT2D eigenvalue weighted by atomic mass is 19.4. The van der Waals surface area contributed by atoms with Crippen LogP contribution in [0.1, 0.15) is 0 Å². The summed E-state index contributed by atoms with van der Waals surface area (Å²) >= 11 is 0. The summed E-state index contributed by atoms with van der Waals surface area (Å²) in [6.45, 7) is 0. The van der Waals surface area contributed by atoms with E-state index in [9.17, 15) is 79.0 Å². The van der Waals surface area contributed by atoms with Crippen LogP contribution in [-0.4, -0.2) is 37.2 Å². The first kappa shape index (κ1) is 30.5. The van der Waals surface area contributed by atoms with Gasteiger partial charge in [0.1, 0.15) is 0 Å². The van der Waals surface area contributed by atoms with Gasteiger partial charge in [0.15, 0.2) is 0 Å². The lowest BCUT2D eigenvalue weighted by atomic mass is 10.5. The largest absolute Gasteiger partial charge is 0.527 e. The summed E-state index contributed by atoms with van der Waals surface area (Å²) in [5.41, 5.74) is 0. The zero-order chi connectivity index (χ0) is 26.8. The molecule has 33 heavy (non-hydrogen) atoms. The fraction of sp³-hybridized carbons (Fsp3) is 0.600. The lowest BCUT2D eigenvalue weighted by Crippen LogP contribution is -2.47. The van der Waals surface area contributed by atoms with Crippen molar-refractivity contribution in [3.8, 4) is 0 Å². The standard InChI is InChI=1S/C10F18O5/c11-1(3(13)30-5(15,16)7(19,20)32-9(23,24)25)29-2(12)4(14)31-6(17,18)8(21,22)33-10(26,27)28. The fourth-order valence-corrected chi connectivity index (χ4v) is 0.993. The van der Waals surface area contributed by atoms with Gasteiger partial charge in [0.2, 0.25) is 0 Å². The van der Waals surface area contributed by atoms with Gasteiger partial charge >= 0.3 is 61.2 Å². The van der Waals surface area contributed by atoms with Crippen molar-refractivity contribution in [2.45, 2.75) is 37.2 Å². The summed E-state index contributed by atoms with van der Waals surface area (Å²) in [6, 6.07) is -15.5. The summed E-state index contributed by atoms with van der Waals surface area (Å²) in [5.74, 6) is 0. The second-order valence-corrected chi connectivity index (χ2v) is 4.56. The zero-order valence-electron chi connectivity index (χ0n) is 13.8. The Morgan fingerprint density at radius 1 is 0.364 bits per heavy atom. The Morgan fingerprint density at radius 3 is 0.818 bits per heavy atom. The molecule has 0 fully saturated rings. The molecule has 0 aliphatic rings. The summed E-state index contributed by atoms with van der Waals surface area (Å²) in [7, 11) is 0. The van der Waals surface area contributed by atoms with Gasteiger partial charge < -0.3 is 14.2 Å². The highest BCUT2D eigenvalue weighted by molar-refractivity contribution is 4.94. The van der Waals surface area contributed by atoms with Crippen LogP contribution in [0.4, 0.5) is 79.0 Å². The van der Waals surface area contributed by atoms with Crippen molar-refractivity contribution in [1.82, 2.24) is 0 Å². The third-order valence-electron chi connectivity index (χ3n) is 2.09. The van der Waals surface area contributed by atoms with Crippen LogP contribution >= 0.6 is 0 Å². The van der Waals surface area contributed by atoms with E-state index in [4.69, 9.17) is 0 Å². The van der Waals surface area contributed by atoms with Crippen molar-refractivity contribution in [3.63, 3.8) is 0 Å². The Morgan fingerprint density at radius 2 is 0.606 bits per heavy atom. The van der Waals surface area contributed by atoms with Crippen molar-refractivity contribution in [3.05, 3.63) is 24.1 Å². The highest BCUT2D eigenvalue weighted by Crippen LogP contribution is 2.44. The van der Waals surface area contributed by atoms with E-state index < -0.39 is 61.2 Å². The van der Waals surface area contributed by atoms with Crippen molar-refractivity contribution in [2.24, 2.45) is 0 Å². The van der Waals surface area contributed by atoms with Crippen LogP contribution in [0.3, 0.4) is 0 Å². The molecule has 0 atom stereocenters. The van der Waals surface area contributed by atoms with Gasteiger partial charge in [-0.1, -0.05) is 0 Å². The number of ether oxygens (including phenoxy) is 5. The van der Waals surface area contributed by atoms with Crippen LogP contribution < -0.4 is 0 Å². The molecule has 0 N–H and O–H groups in total. The molecule has 0 aromatic heterocycles. The van der Waals surface area contributed by atoms with Gasteiger partial charge in [0.05, 0.1) is 0 Å². The molecule has 0 aromatic carbocycles. The van der Waals surface area contributed by atoms with Crippen molar-refractivity contribution < 1.29 is 103 Å². The molecule has 0 amide bonds. The van der Waals surface area contributed by atoms with Crippen LogP contribution in [0.5, 0.6) is 0 Å². The van der Waals surface area contributed by atoms with E-state index >= 15 is 0 Å². The van der Waals surface area contributed by atoms with Crippen molar-refractivity contribution in [1.29, 1.82) is 0 Å². The number of hydrogen-bond donors (Lipinski definition) is 0. The lowest BCUT2D eigenvalue weighted by molar-refractivity contribution is -0.501. The Hall–Kier alpha value is -2.46. The van der Waals surface area contributed by atoms with Gasteiger partial charge in [0, 0.05) is 0 Å². The normalized spacial score (nSPS) is 16.2. The molecular formula is C10F18O5. The SMILES string of the molecule is FC(OC(F)=C(F)OC(F)(F)C(F)(F)OC(F)(F)F)=C(F)OC(F)(F)C(F)(F)OC(F)(F)F. The molecule has 0 aromatic rings. The molecule has 5 nitrogen and oxygen atoms in total. The Kier molecular flexibility index (Phi) is 8.72. The van der Waals surface area contributed by atoms with Gasteiger partial charge in [-0.25, -0.2) is 9.47 Å². The monoisotopic (exact) mass is 542 g/mol. The van der Waals surface area contributed by atoms with Gasteiger partial charge in [-0.2, -0.15) is 52.7 Å². The average molecular weight is 542 g/mol. The van der Waals surface area contributed by atoms with E-state index in [0.717, 1.165) is 0 Å². The number of rotatable bonds is 10. The third kappa shape index (κ3) is 9.13. The summed E-state index contributed by atoms with van der Waals surface area (Å²) in [5, 5.41) is 0. The van der Waals surface area contributed by atoms with Crippen LogP contribution in [0, 0.1) is 0 Å². The van der Waals surface area contributed by atoms with E-state index in [2.05, 4.69) is 4.74 Å². The van der Waals surface area contributed by atoms with Gasteiger partial charge in [0.25, 0.3) is 0 Å². The average Bonchev–Trinajstić information content (AvgIpc) is 2.48. The molecule has 0 radical (unpaired) electrons. The first-order chi connectivity index (χ1) is 14.2. The molecule has 196 valence electrons. The number of hydrogen-bond acceptors (Lipinski definition) is 5. The first-order valence-electron chi connectivity index (χ1n) is 6.44. The molecule has 0 saturated carbocycles. The number of halogens is 18. The second kappa shape index (κ2) is 9.42. The maximum Gasteiger partial charge on any atom is 0.527 e.